The second-order valence-electron chi connectivity index (χ2n) is 4.82. The maximum absolute atomic E-state index is 12.3. The van der Waals surface area contributed by atoms with Crippen molar-refractivity contribution in [1.29, 1.82) is 0 Å². The number of nitrogens with zero attached hydrogens (tertiary/aromatic N) is 1. The molecule has 1 atom stereocenters. The monoisotopic (exact) mass is 295 g/mol. The lowest BCUT2D eigenvalue weighted by Gasteiger charge is -2.20. The zero-order valence-corrected chi connectivity index (χ0v) is 12.2. The molecule has 0 radical (unpaired) electrons. The van der Waals surface area contributed by atoms with Crippen LogP contribution in [-0.4, -0.2) is 45.7 Å². The van der Waals surface area contributed by atoms with Crippen LogP contribution in [0.2, 0.25) is 0 Å². The summed E-state index contributed by atoms with van der Waals surface area (Å²) in [7, 11) is 0. The zero-order valence-electron chi connectivity index (χ0n) is 11.4. The number of aliphatic carboxylic acids is 1. The number of thioether (sulfide) groups is 1. The van der Waals surface area contributed by atoms with E-state index in [4.69, 9.17) is 9.84 Å². The number of hydrogen-bond acceptors (Lipinski definition) is 4. The number of carboxylic acids is 1. The molecule has 6 heteroatoms. The van der Waals surface area contributed by atoms with Crippen LogP contribution in [0.4, 0.5) is 0 Å². The normalized spacial score (nSPS) is 18.4. The Morgan fingerprint density at radius 3 is 2.55 bits per heavy atom. The highest BCUT2D eigenvalue weighted by Gasteiger charge is 2.34. The smallest absolute Gasteiger partial charge is 0.327 e. The molecule has 1 aromatic carbocycles. The summed E-state index contributed by atoms with van der Waals surface area (Å²) in [6.45, 7) is 3.86. The van der Waals surface area contributed by atoms with E-state index in [1.165, 1.54) is 16.7 Å². The molecule has 5 nitrogen and oxygen atoms in total. The van der Waals surface area contributed by atoms with Gasteiger partial charge in [0.1, 0.15) is 11.8 Å². The molecule has 1 saturated heterocycles. The first-order valence-corrected chi connectivity index (χ1v) is 7.52. The van der Waals surface area contributed by atoms with Crippen molar-refractivity contribution in [1.82, 2.24) is 4.90 Å². The number of carboxylic acid groups (broad SMARTS) is 1. The Hall–Kier alpha value is -1.69. The van der Waals surface area contributed by atoms with E-state index >= 15 is 0 Å². The van der Waals surface area contributed by atoms with Crippen molar-refractivity contribution in [3.8, 4) is 5.75 Å². The summed E-state index contributed by atoms with van der Waals surface area (Å²) < 4.78 is 5.51. The third-order valence-electron chi connectivity index (χ3n) is 2.90. The van der Waals surface area contributed by atoms with Gasteiger partial charge in [0, 0.05) is 11.3 Å². The molecule has 0 aliphatic carbocycles. The minimum absolute atomic E-state index is 0.0722. The first kappa shape index (κ1) is 14.7. The molecule has 1 aromatic rings. The van der Waals surface area contributed by atoms with Gasteiger partial charge in [0.15, 0.2) is 0 Å². The summed E-state index contributed by atoms with van der Waals surface area (Å²) in [6, 6.07) is 6.06. The Labute approximate surface area is 121 Å². The molecule has 0 bridgehead atoms. The van der Waals surface area contributed by atoms with Crippen molar-refractivity contribution in [2.75, 3.05) is 11.6 Å². The van der Waals surface area contributed by atoms with Crippen molar-refractivity contribution in [2.45, 2.75) is 26.0 Å². The molecule has 1 aliphatic heterocycles. The molecule has 20 heavy (non-hydrogen) atoms. The molecule has 108 valence electrons. The van der Waals surface area contributed by atoms with Crippen LogP contribution in [0.5, 0.6) is 5.75 Å². The van der Waals surface area contributed by atoms with E-state index in [1.54, 1.807) is 24.3 Å². The third kappa shape index (κ3) is 3.25. The quantitative estimate of drug-likeness (QED) is 0.921. The number of carbonyl (C=O) groups is 2. The van der Waals surface area contributed by atoms with Gasteiger partial charge >= 0.3 is 5.97 Å². The Morgan fingerprint density at radius 2 is 2.00 bits per heavy atom. The van der Waals surface area contributed by atoms with E-state index in [0.717, 1.165) is 0 Å². The highest BCUT2D eigenvalue weighted by Crippen LogP contribution is 2.24. The Morgan fingerprint density at radius 1 is 1.35 bits per heavy atom. The Kier molecular flexibility index (Phi) is 4.54. The van der Waals surface area contributed by atoms with E-state index in [1.807, 2.05) is 13.8 Å². The van der Waals surface area contributed by atoms with Crippen molar-refractivity contribution < 1.29 is 19.4 Å². The van der Waals surface area contributed by atoms with Crippen molar-refractivity contribution in [2.24, 2.45) is 0 Å². The van der Waals surface area contributed by atoms with Gasteiger partial charge in [0.25, 0.3) is 5.91 Å². The van der Waals surface area contributed by atoms with Crippen LogP contribution in [0.15, 0.2) is 24.3 Å². The fourth-order valence-electron chi connectivity index (χ4n) is 1.96. The molecule has 1 aliphatic rings. The molecule has 2 rings (SSSR count). The Bertz CT molecular complexity index is 500. The summed E-state index contributed by atoms with van der Waals surface area (Å²) in [4.78, 5) is 24.8. The fourth-order valence-corrected chi connectivity index (χ4v) is 3.11. The molecular weight excluding hydrogens is 278 g/mol. The van der Waals surface area contributed by atoms with Gasteiger partial charge in [-0.15, -0.1) is 11.8 Å². The van der Waals surface area contributed by atoms with Gasteiger partial charge in [-0.05, 0) is 38.1 Å². The lowest BCUT2D eigenvalue weighted by atomic mass is 10.1. The number of rotatable bonds is 4. The minimum atomic E-state index is -0.955. The van der Waals surface area contributed by atoms with E-state index in [-0.39, 0.29) is 12.0 Å². The maximum atomic E-state index is 12.3. The molecular formula is C14H17NO4S. The molecule has 0 aromatic heterocycles. The van der Waals surface area contributed by atoms with Gasteiger partial charge in [-0.25, -0.2) is 4.79 Å². The first-order valence-electron chi connectivity index (χ1n) is 6.37. The zero-order chi connectivity index (χ0) is 14.7. The van der Waals surface area contributed by atoms with Crippen LogP contribution >= 0.6 is 11.8 Å². The largest absolute Gasteiger partial charge is 0.491 e. The topological polar surface area (TPSA) is 66.8 Å². The number of ether oxygens (including phenoxy) is 1. The molecule has 1 amide bonds. The van der Waals surface area contributed by atoms with Crippen LogP contribution in [0.25, 0.3) is 0 Å². The first-order chi connectivity index (χ1) is 9.49. The van der Waals surface area contributed by atoms with Crippen LogP contribution in [0.3, 0.4) is 0 Å². The van der Waals surface area contributed by atoms with Gasteiger partial charge in [-0.3, -0.25) is 4.79 Å². The third-order valence-corrected chi connectivity index (χ3v) is 3.91. The van der Waals surface area contributed by atoms with E-state index in [9.17, 15) is 9.59 Å². The molecule has 0 spiro atoms. The van der Waals surface area contributed by atoms with E-state index in [2.05, 4.69) is 0 Å². The van der Waals surface area contributed by atoms with Gasteiger partial charge < -0.3 is 14.7 Å². The second-order valence-corrected chi connectivity index (χ2v) is 5.82. The highest BCUT2D eigenvalue weighted by molar-refractivity contribution is 7.99. The lowest BCUT2D eigenvalue weighted by molar-refractivity contribution is -0.140. The van der Waals surface area contributed by atoms with Crippen LogP contribution in [0, 0.1) is 0 Å². The molecule has 1 heterocycles. The van der Waals surface area contributed by atoms with Gasteiger partial charge in [-0.2, -0.15) is 0 Å². The fraction of sp³-hybridized carbons (Fsp3) is 0.429. The van der Waals surface area contributed by atoms with Crippen molar-refractivity contribution in [3.63, 3.8) is 0 Å². The average Bonchev–Trinajstić information content (AvgIpc) is 2.87. The van der Waals surface area contributed by atoms with E-state index in [0.29, 0.717) is 22.9 Å². The van der Waals surface area contributed by atoms with Crippen molar-refractivity contribution in [3.05, 3.63) is 29.8 Å². The van der Waals surface area contributed by atoms with Gasteiger partial charge in [0.2, 0.25) is 0 Å². The SMILES string of the molecule is CC(C)Oc1ccc(C(=O)N2CSCC2C(=O)O)cc1. The summed E-state index contributed by atoms with van der Waals surface area (Å²) >= 11 is 1.45. The van der Waals surface area contributed by atoms with E-state index < -0.39 is 12.0 Å². The summed E-state index contributed by atoms with van der Waals surface area (Å²) in [5.74, 6) is 0.346. The molecule has 1 N–H and O–H groups in total. The molecule has 1 unspecified atom stereocenters. The summed E-state index contributed by atoms with van der Waals surface area (Å²) in [5.41, 5.74) is 0.481. The Balaban J connectivity index is 2.11. The average molecular weight is 295 g/mol. The molecule has 0 saturated carbocycles. The number of benzene rings is 1. The van der Waals surface area contributed by atoms with Crippen LogP contribution in [0.1, 0.15) is 24.2 Å². The van der Waals surface area contributed by atoms with Gasteiger partial charge in [0.05, 0.1) is 12.0 Å². The van der Waals surface area contributed by atoms with Crippen LogP contribution in [-0.2, 0) is 4.79 Å². The summed E-state index contributed by atoms with van der Waals surface area (Å²) in [5, 5.41) is 9.10. The number of carbonyl (C=O) groups excluding carboxylic acids is 1. The molecule has 1 fully saturated rings. The van der Waals surface area contributed by atoms with Crippen LogP contribution < -0.4 is 4.74 Å². The number of hydrogen-bond donors (Lipinski definition) is 1. The standard InChI is InChI=1S/C14H17NO4S/c1-9(2)19-11-5-3-10(4-6-11)13(16)15-8-20-7-12(15)14(17)18/h3-6,9,12H,7-8H2,1-2H3,(H,17,18). The minimum Gasteiger partial charge on any atom is -0.491 e. The van der Waals surface area contributed by atoms with Crippen molar-refractivity contribution >= 4 is 23.6 Å². The number of amides is 1. The summed E-state index contributed by atoms with van der Waals surface area (Å²) in [6.07, 6.45) is 0.0722. The highest BCUT2D eigenvalue weighted by atomic mass is 32.2. The predicted molar refractivity (Wildman–Crippen MR) is 77.1 cm³/mol. The lowest BCUT2D eigenvalue weighted by Crippen LogP contribution is -2.41. The maximum Gasteiger partial charge on any atom is 0.327 e. The second kappa shape index (κ2) is 6.17. The predicted octanol–water partition coefficient (Wildman–Crippen LogP) is 2.07. The van der Waals surface area contributed by atoms with Gasteiger partial charge in [-0.1, -0.05) is 0 Å².